The number of anilines is 1. The maximum absolute atomic E-state index is 15.0. The molecule has 55 heavy (non-hydrogen) atoms. The molecule has 17 heteroatoms. The second-order valence-corrected chi connectivity index (χ2v) is 15.4. The van der Waals surface area contributed by atoms with Crippen LogP contribution in [0, 0.1) is 0 Å². The number of carbonyl (C=O) groups excluding carboxylic acids is 3. The molecule has 3 amide bonds. The average molecular weight is 786 g/mol. The second-order valence-electron chi connectivity index (χ2n) is 14.3. The van der Waals surface area contributed by atoms with Crippen LogP contribution >= 0.6 is 11.8 Å². The molecular weight excluding hydrogens is 747 g/mol. The van der Waals surface area contributed by atoms with Crippen molar-refractivity contribution in [2.45, 2.75) is 81.8 Å². The number of alkyl carbamates (subject to hydrolysis) is 1. The van der Waals surface area contributed by atoms with Gasteiger partial charge >= 0.3 is 18.3 Å². The lowest BCUT2D eigenvalue weighted by molar-refractivity contribution is -0.159. The number of aromatic nitrogens is 2. The van der Waals surface area contributed by atoms with Gasteiger partial charge in [-0.05, 0) is 62.2 Å². The minimum atomic E-state index is -3.39. The number of nitrogens with one attached hydrogen (secondary N) is 1. The van der Waals surface area contributed by atoms with E-state index in [4.69, 9.17) is 13.9 Å². The summed E-state index contributed by atoms with van der Waals surface area (Å²) in [6.45, 7) is 4.63. The normalized spacial score (nSPS) is 18.6. The van der Waals surface area contributed by atoms with Crippen LogP contribution in [0.1, 0.15) is 57.1 Å². The first-order valence-electron chi connectivity index (χ1n) is 17.3. The predicted molar refractivity (Wildman–Crippen MR) is 193 cm³/mol. The van der Waals surface area contributed by atoms with Gasteiger partial charge in [0.2, 0.25) is 11.8 Å². The standard InChI is InChI=1S/C38H39F4N5O7S/c1-36(2,3)54-34(49)43-28-21-55-30-15-12-25(16-29(30)47(33(28)48)18-23-10-13-27(14-11-23)53-37(4,39)40)31-44-45-32(52-31)26-17-38(41,42)22-46(19-26)35(50)51-20-24-8-6-5-7-9-24/h5-16,26,28H,17-22H2,1-4H3,(H,43,49)/t26?,28-/m0/s1. The molecule has 3 aromatic carbocycles. The van der Waals surface area contributed by atoms with Crippen LogP contribution in [0.2, 0.25) is 0 Å². The van der Waals surface area contributed by atoms with E-state index in [1.807, 2.05) is 0 Å². The summed E-state index contributed by atoms with van der Waals surface area (Å²) in [5.41, 5.74) is 1.23. The minimum Gasteiger partial charge on any atom is -0.445 e. The Balaban J connectivity index is 1.25. The molecule has 6 rings (SSSR count). The van der Waals surface area contributed by atoms with E-state index in [0.717, 1.165) is 4.90 Å². The highest BCUT2D eigenvalue weighted by Gasteiger charge is 2.45. The fraction of sp³-hybridized carbons (Fsp3) is 0.395. The van der Waals surface area contributed by atoms with E-state index in [9.17, 15) is 31.9 Å². The Bertz CT molecular complexity index is 2000. The number of piperidine rings is 1. The zero-order chi connectivity index (χ0) is 39.5. The molecule has 4 aromatic rings. The van der Waals surface area contributed by atoms with Gasteiger partial charge in [0.1, 0.15) is 24.0 Å². The molecule has 12 nitrogen and oxygen atoms in total. The average Bonchev–Trinajstić information content (AvgIpc) is 3.57. The maximum atomic E-state index is 15.0. The summed E-state index contributed by atoms with van der Waals surface area (Å²) in [5.74, 6) is -4.77. The molecule has 0 saturated carbocycles. The lowest BCUT2D eigenvalue weighted by Gasteiger charge is -2.35. The fourth-order valence-electron chi connectivity index (χ4n) is 6.03. The number of benzene rings is 3. The number of halogens is 4. The molecule has 1 N–H and O–H groups in total. The third-order valence-electron chi connectivity index (χ3n) is 8.38. The Kier molecular flexibility index (Phi) is 11.3. The van der Waals surface area contributed by atoms with Crippen molar-refractivity contribution in [3.05, 3.63) is 89.8 Å². The first-order valence-corrected chi connectivity index (χ1v) is 18.3. The van der Waals surface area contributed by atoms with E-state index in [1.165, 1.54) is 40.9 Å². The number of thioether (sulfide) groups is 1. The number of fused-ring (bicyclic) bond motifs is 1. The molecular formula is C38H39F4N5O7S. The van der Waals surface area contributed by atoms with Crippen molar-refractivity contribution in [1.29, 1.82) is 0 Å². The van der Waals surface area contributed by atoms with Crippen LogP contribution in [0.4, 0.5) is 32.8 Å². The smallest absolute Gasteiger partial charge is 0.410 e. The van der Waals surface area contributed by atoms with E-state index in [0.29, 0.717) is 34.2 Å². The van der Waals surface area contributed by atoms with Crippen molar-refractivity contribution in [2.24, 2.45) is 0 Å². The molecule has 1 unspecified atom stereocenters. The van der Waals surface area contributed by atoms with Gasteiger partial charge < -0.3 is 33.7 Å². The van der Waals surface area contributed by atoms with Crippen LogP contribution < -0.4 is 15.0 Å². The number of rotatable bonds is 9. The molecule has 0 spiro atoms. The minimum absolute atomic E-state index is 0.0167. The second kappa shape index (κ2) is 15.8. The highest BCUT2D eigenvalue weighted by molar-refractivity contribution is 7.99. The quantitative estimate of drug-likeness (QED) is 0.166. The summed E-state index contributed by atoms with van der Waals surface area (Å²) in [7, 11) is 0. The highest BCUT2D eigenvalue weighted by Crippen LogP contribution is 2.40. The Labute approximate surface area is 318 Å². The molecule has 0 radical (unpaired) electrons. The number of likely N-dealkylation sites (tertiary alicyclic amines) is 1. The Morgan fingerprint density at radius 2 is 1.73 bits per heavy atom. The van der Waals surface area contributed by atoms with E-state index < -0.39 is 60.7 Å². The fourth-order valence-corrected chi connectivity index (χ4v) is 7.09. The van der Waals surface area contributed by atoms with Crippen LogP contribution in [-0.2, 0) is 27.4 Å². The van der Waals surface area contributed by atoms with Gasteiger partial charge in [0.15, 0.2) is 0 Å². The zero-order valence-corrected chi connectivity index (χ0v) is 31.2. The van der Waals surface area contributed by atoms with Crippen molar-refractivity contribution in [2.75, 3.05) is 23.7 Å². The van der Waals surface area contributed by atoms with E-state index in [1.54, 1.807) is 69.3 Å². The van der Waals surface area contributed by atoms with Crippen LogP contribution in [-0.4, -0.2) is 75.7 Å². The summed E-state index contributed by atoms with van der Waals surface area (Å²) in [6.07, 6.45) is -5.71. The van der Waals surface area contributed by atoms with E-state index >= 15 is 0 Å². The third-order valence-corrected chi connectivity index (χ3v) is 9.54. The summed E-state index contributed by atoms with van der Waals surface area (Å²) in [6, 6.07) is 18.7. The molecule has 292 valence electrons. The van der Waals surface area contributed by atoms with Crippen LogP contribution in [0.3, 0.4) is 0 Å². The monoisotopic (exact) mass is 785 g/mol. The van der Waals surface area contributed by atoms with Gasteiger partial charge in [-0.3, -0.25) is 4.79 Å². The topological polar surface area (TPSA) is 136 Å². The van der Waals surface area contributed by atoms with Crippen molar-refractivity contribution in [3.8, 4) is 17.2 Å². The lowest BCUT2D eigenvalue weighted by atomic mass is 9.95. The van der Waals surface area contributed by atoms with Gasteiger partial charge in [-0.2, -0.15) is 8.78 Å². The maximum Gasteiger partial charge on any atom is 0.410 e. The lowest BCUT2D eigenvalue weighted by Crippen LogP contribution is -2.50. The predicted octanol–water partition coefficient (Wildman–Crippen LogP) is 8.02. The summed E-state index contributed by atoms with van der Waals surface area (Å²) in [4.78, 5) is 42.8. The van der Waals surface area contributed by atoms with Crippen molar-refractivity contribution in [1.82, 2.24) is 20.4 Å². The number of hydrogen-bond donors (Lipinski definition) is 1. The van der Waals surface area contributed by atoms with Crippen LogP contribution in [0.15, 0.2) is 82.1 Å². The summed E-state index contributed by atoms with van der Waals surface area (Å²) in [5, 5.41) is 10.9. The van der Waals surface area contributed by atoms with Crippen LogP contribution in [0.5, 0.6) is 5.75 Å². The molecule has 2 aliphatic rings. The molecule has 2 atom stereocenters. The highest BCUT2D eigenvalue weighted by atomic mass is 32.2. The van der Waals surface area contributed by atoms with Gasteiger partial charge in [-0.15, -0.1) is 22.0 Å². The largest absolute Gasteiger partial charge is 0.445 e. The number of nitrogens with zero attached hydrogens (tertiary/aromatic N) is 4. The van der Waals surface area contributed by atoms with Gasteiger partial charge in [0, 0.05) is 36.1 Å². The third kappa shape index (κ3) is 10.5. The molecule has 1 saturated heterocycles. The SMILES string of the molecule is CC(C)(C)OC(=O)N[C@H]1CSc2ccc(-c3nnc(C4CN(C(=O)OCc5ccccc5)CC(F)(F)C4)o3)cc2N(Cc2ccc(OC(C)(F)F)cc2)C1=O. The van der Waals surface area contributed by atoms with Crippen molar-refractivity contribution in [3.63, 3.8) is 0 Å². The first kappa shape index (κ1) is 39.4. The van der Waals surface area contributed by atoms with Gasteiger partial charge in [-0.25, -0.2) is 18.4 Å². The van der Waals surface area contributed by atoms with Crippen LogP contribution in [0.25, 0.3) is 11.5 Å². The molecule has 3 heterocycles. The van der Waals surface area contributed by atoms with E-state index in [2.05, 4.69) is 20.3 Å². The summed E-state index contributed by atoms with van der Waals surface area (Å²) >= 11 is 1.31. The van der Waals surface area contributed by atoms with E-state index in [-0.39, 0.29) is 43.0 Å². The number of carbonyl (C=O) groups is 3. The number of alkyl halides is 4. The zero-order valence-electron chi connectivity index (χ0n) is 30.4. The Morgan fingerprint density at radius 3 is 2.42 bits per heavy atom. The van der Waals surface area contributed by atoms with Gasteiger partial charge in [0.25, 0.3) is 11.8 Å². The van der Waals surface area contributed by atoms with Gasteiger partial charge in [0.05, 0.1) is 24.7 Å². The molecule has 0 aliphatic carbocycles. The number of amides is 3. The Hall–Kier alpha value is -5.32. The Morgan fingerprint density at radius 1 is 1.00 bits per heavy atom. The summed E-state index contributed by atoms with van der Waals surface area (Å²) < 4.78 is 78.1. The molecule has 2 aliphatic heterocycles. The molecule has 0 bridgehead atoms. The number of hydrogen-bond acceptors (Lipinski definition) is 10. The number of ether oxygens (including phenoxy) is 3. The van der Waals surface area contributed by atoms with Crippen molar-refractivity contribution < 1.29 is 50.6 Å². The molecule has 1 fully saturated rings. The van der Waals surface area contributed by atoms with Gasteiger partial charge in [-0.1, -0.05) is 42.5 Å². The van der Waals surface area contributed by atoms with Crippen molar-refractivity contribution >= 4 is 35.5 Å². The first-order chi connectivity index (χ1) is 25.9. The molecule has 1 aromatic heterocycles.